The van der Waals surface area contributed by atoms with Gasteiger partial charge in [-0.2, -0.15) is 12.7 Å². The molecule has 0 bridgehead atoms. The van der Waals surface area contributed by atoms with Crippen molar-refractivity contribution in [3.05, 3.63) is 0 Å². The average Bonchev–Trinajstić information content (AvgIpc) is 2.45. The van der Waals surface area contributed by atoms with E-state index in [1.807, 2.05) is 13.8 Å². The van der Waals surface area contributed by atoms with Gasteiger partial charge >= 0.3 is 0 Å². The zero-order valence-corrected chi connectivity index (χ0v) is 9.74. The smallest absolute Gasteiger partial charge is 0.279 e. The van der Waals surface area contributed by atoms with E-state index in [9.17, 15) is 18.6 Å². The summed E-state index contributed by atoms with van der Waals surface area (Å²) < 4.78 is 26.7. The molecule has 2 atom stereocenters. The molecule has 1 aliphatic rings. The van der Waals surface area contributed by atoms with Crippen molar-refractivity contribution in [2.75, 3.05) is 19.6 Å². The zero-order chi connectivity index (χ0) is 11.6. The van der Waals surface area contributed by atoms with Crippen molar-refractivity contribution in [3.63, 3.8) is 0 Å². The van der Waals surface area contributed by atoms with Crippen molar-refractivity contribution in [1.29, 1.82) is 0 Å². The highest BCUT2D eigenvalue weighted by Gasteiger charge is 2.36. The molecule has 0 aromatic rings. The molecule has 0 spiro atoms. The zero-order valence-electron chi connectivity index (χ0n) is 8.92. The second kappa shape index (κ2) is 4.75. The van der Waals surface area contributed by atoms with Crippen LogP contribution in [-0.4, -0.2) is 54.8 Å². The van der Waals surface area contributed by atoms with Gasteiger partial charge in [0.1, 0.15) is 0 Å². The molecule has 0 aromatic carbocycles. The van der Waals surface area contributed by atoms with E-state index in [4.69, 9.17) is 0 Å². The van der Waals surface area contributed by atoms with E-state index >= 15 is 0 Å². The van der Waals surface area contributed by atoms with E-state index in [0.717, 1.165) is 4.31 Å². The molecular weight excluding hydrogens is 220 g/mol. The quantitative estimate of drug-likeness (QED) is 0.557. The van der Waals surface area contributed by atoms with E-state index < -0.39 is 22.4 Å². The number of aliphatic hydroxyl groups is 2. The highest BCUT2D eigenvalue weighted by atomic mass is 32.2. The Morgan fingerprint density at radius 3 is 2.20 bits per heavy atom. The molecule has 3 N–H and O–H groups in total. The summed E-state index contributed by atoms with van der Waals surface area (Å²) in [6, 6.07) is 0. The van der Waals surface area contributed by atoms with E-state index in [1.54, 1.807) is 0 Å². The molecule has 6 nitrogen and oxygen atoms in total. The maximum Gasteiger partial charge on any atom is 0.279 e. The van der Waals surface area contributed by atoms with Gasteiger partial charge in [0.05, 0.1) is 12.2 Å². The van der Waals surface area contributed by atoms with Crippen molar-refractivity contribution in [1.82, 2.24) is 9.03 Å². The first-order valence-electron chi connectivity index (χ1n) is 4.94. The lowest BCUT2D eigenvalue weighted by Gasteiger charge is -2.17. The third-order valence-electron chi connectivity index (χ3n) is 2.24. The molecule has 0 aromatic heterocycles. The van der Waals surface area contributed by atoms with Crippen molar-refractivity contribution in [2.24, 2.45) is 5.92 Å². The monoisotopic (exact) mass is 238 g/mol. The number of β-amino-alcohol motifs (C(OH)–C–C–N with tert-alkyl or cyclic N) is 2. The minimum absolute atomic E-state index is 0.0470. The number of nitrogens with one attached hydrogen (secondary N) is 1. The van der Waals surface area contributed by atoms with E-state index in [1.165, 1.54) is 0 Å². The molecule has 7 heteroatoms. The minimum Gasteiger partial charge on any atom is -0.389 e. The molecule has 1 saturated heterocycles. The average molecular weight is 238 g/mol. The van der Waals surface area contributed by atoms with Crippen molar-refractivity contribution >= 4 is 10.2 Å². The van der Waals surface area contributed by atoms with Crippen LogP contribution in [0, 0.1) is 5.92 Å². The van der Waals surface area contributed by atoms with Gasteiger partial charge in [0, 0.05) is 19.6 Å². The van der Waals surface area contributed by atoms with E-state index in [2.05, 4.69) is 4.72 Å². The van der Waals surface area contributed by atoms with Gasteiger partial charge in [-0.25, -0.2) is 4.72 Å². The summed E-state index contributed by atoms with van der Waals surface area (Å²) in [5.74, 6) is 0.220. The van der Waals surface area contributed by atoms with Crippen LogP contribution in [0.3, 0.4) is 0 Å². The van der Waals surface area contributed by atoms with Gasteiger partial charge in [-0.15, -0.1) is 0 Å². The molecule has 1 rings (SSSR count). The number of hydrogen-bond acceptors (Lipinski definition) is 4. The molecule has 15 heavy (non-hydrogen) atoms. The van der Waals surface area contributed by atoms with Gasteiger partial charge in [0.25, 0.3) is 10.2 Å². The SMILES string of the molecule is CC(C)CNS(=O)(=O)N1CC(O)C(O)C1. The van der Waals surface area contributed by atoms with Gasteiger partial charge in [-0.1, -0.05) is 13.8 Å². The second-order valence-corrected chi connectivity index (χ2v) is 5.95. The second-order valence-electron chi connectivity index (χ2n) is 4.20. The Labute approximate surface area is 90.1 Å². The Morgan fingerprint density at radius 1 is 1.33 bits per heavy atom. The maximum absolute atomic E-state index is 11.6. The fraction of sp³-hybridized carbons (Fsp3) is 1.00. The highest BCUT2D eigenvalue weighted by molar-refractivity contribution is 7.87. The van der Waals surface area contributed by atoms with Crippen LogP contribution < -0.4 is 4.72 Å². The van der Waals surface area contributed by atoms with Crippen LogP contribution in [0.2, 0.25) is 0 Å². The van der Waals surface area contributed by atoms with E-state index in [-0.39, 0.29) is 19.0 Å². The maximum atomic E-state index is 11.6. The van der Waals surface area contributed by atoms with Gasteiger partial charge in [0.2, 0.25) is 0 Å². The van der Waals surface area contributed by atoms with Crippen LogP contribution >= 0.6 is 0 Å². The van der Waals surface area contributed by atoms with Gasteiger partial charge in [-0.05, 0) is 5.92 Å². The number of hydrogen-bond donors (Lipinski definition) is 3. The summed E-state index contributed by atoms with van der Waals surface area (Å²) in [5.41, 5.74) is 0. The first-order valence-corrected chi connectivity index (χ1v) is 6.38. The number of rotatable bonds is 4. The standard InChI is InChI=1S/C8H18N2O4S/c1-6(2)3-9-15(13,14)10-4-7(11)8(12)5-10/h6-9,11-12H,3-5H2,1-2H3. The molecular formula is C8H18N2O4S. The lowest BCUT2D eigenvalue weighted by molar-refractivity contribution is 0.0572. The third-order valence-corrected chi connectivity index (χ3v) is 3.75. The molecule has 0 amide bonds. The summed E-state index contributed by atoms with van der Waals surface area (Å²) >= 11 is 0. The third kappa shape index (κ3) is 3.39. The molecule has 0 radical (unpaired) electrons. The molecule has 1 heterocycles. The molecule has 1 aliphatic heterocycles. The molecule has 1 fully saturated rings. The number of nitrogens with zero attached hydrogens (tertiary/aromatic N) is 1. The van der Waals surface area contributed by atoms with Crippen LogP contribution in [-0.2, 0) is 10.2 Å². The Hall–Kier alpha value is -0.210. The van der Waals surface area contributed by atoms with Crippen LogP contribution in [0.15, 0.2) is 0 Å². The number of aliphatic hydroxyl groups excluding tert-OH is 2. The van der Waals surface area contributed by atoms with Crippen molar-refractivity contribution in [2.45, 2.75) is 26.1 Å². The Kier molecular flexibility index (Phi) is 4.07. The topological polar surface area (TPSA) is 89.9 Å². The Morgan fingerprint density at radius 2 is 1.80 bits per heavy atom. The van der Waals surface area contributed by atoms with Crippen molar-refractivity contribution < 1.29 is 18.6 Å². The van der Waals surface area contributed by atoms with Gasteiger partial charge in [-0.3, -0.25) is 0 Å². The Balaban J connectivity index is 2.56. The first-order chi connectivity index (χ1) is 6.83. The summed E-state index contributed by atoms with van der Waals surface area (Å²) in [7, 11) is -3.56. The minimum atomic E-state index is -3.56. The van der Waals surface area contributed by atoms with E-state index in [0.29, 0.717) is 6.54 Å². The largest absolute Gasteiger partial charge is 0.389 e. The fourth-order valence-corrected chi connectivity index (χ4v) is 2.72. The van der Waals surface area contributed by atoms with Gasteiger partial charge in [0.15, 0.2) is 0 Å². The lowest BCUT2D eigenvalue weighted by atomic mass is 10.2. The summed E-state index contributed by atoms with van der Waals surface area (Å²) in [6.45, 7) is 4.06. The highest BCUT2D eigenvalue weighted by Crippen LogP contribution is 2.13. The molecule has 2 unspecified atom stereocenters. The first kappa shape index (κ1) is 12.9. The lowest BCUT2D eigenvalue weighted by Crippen LogP contribution is -2.41. The molecule has 90 valence electrons. The van der Waals surface area contributed by atoms with Gasteiger partial charge < -0.3 is 10.2 Å². The summed E-state index contributed by atoms with van der Waals surface area (Å²) in [6.07, 6.45) is -1.97. The van der Waals surface area contributed by atoms with Crippen LogP contribution in [0.4, 0.5) is 0 Å². The van der Waals surface area contributed by atoms with Crippen LogP contribution in [0.5, 0.6) is 0 Å². The predicted octanol–water partition coefficient (Wildman–Crippen LogP) is -1.49. The Bertz CT molecular complexity index is 294. The van der Waals surface area contributed by atoms with Crippen LogP contribution in [0.1, 0.15) is 13.8 Å². The van der Waals surface area contributed by atoms with Crippen molar-refractivity contribution in [3.8, 4) is 0 Å². The normalized spacial score (nSPS) is 28.9. The summed E-state index contributed by atoms with van der Waals surface area (Å²) in [5, 5.41) is 18.4. The fourth-order valence-electron chi connectivity index (χ4n) is 1.29. The molecule has 0 saturated carbocycles. The van der Waals surface area contributed by atoms with Crippen LogP contribution in [0.25, 0.3) is 0 Å². The molecule has 0 aliphatic carbocycles. The predicted molar refractivity (Wildman–Crippen MR) is 55.3 cm³/mol. The summed E-state index contributed by atoms with van der Waals surface area (Å²) in [4.78, 5) is 0.